The number of nitrogens with one attached hydrogen (secondary N) is 1. The summed E-state index contributed by atoms with van der Waals surface area (Å²) in [7, 11) is 0. The molecule has 0 saturated carbocycles. The van der Waals surface area contributed by atoms with Crippen molar-refractivity contribution in [1.29, 1.82) is 0 Å². The molecule has 1 aromatic heterocycles. The number of aromatic amines is 1. The van der Waals surface area contributed by atoms with Gasteiger partial charge < -0.3 is 9.88 Å². The van der Waals surface area contributed by atoms with Gasteiger partial charge >= 0.3 is 0 Å². The van der Waals surface area contributed by atoms with E-state index in [1.54, 1.807) is 6.20 Å². The maximum Gasteiger partial charge on any atom is 0.255 e. The van der Waals surface area contributed by atoms with Gasteiger partial charge in [0.25, 0.3) is 5.56 Å². The molecule has 0 amide bonds. The SMILES string of the molecule is O=c1[nH]cc(-c2ccccc2Cl)cc1/C=C/C1CN=C2C=CC=CN21. The van der Waals surface area contributed by atoms with E-state index in [0.717, 1.165) is 17.0 Å². The fourth-order valence-electron chi connectivity index (χ4n) is 2.98. The van der Waals surface area contributed by atoms with Crippen LogP contribution in [0.25, 0.3) is 17.2 Å². The molecular weight excluding hydrogens is 334 g/mol. The van der Waals surface area contributed by atoms with Crippen LogP contribution < -0.4 is 5.56 Å². The Labute approximate surface area is 150 Å². The van der Waals surface area contributed by atoms with E-state index < -0.39 is 0 Å². The molecule has 25 heavy (non-hydrogen) atoms. The number of pyridine rings is 1. The highest BCUT2D eigenvalue weighted by Gasteiger charge is 2.23. The minimum Gasteiger partial charge on any atom is -0.328 e. The summed E-state index contributed by atoms with van der Waals surface area (Å²) in [6, 6.07) is 9.57. The smallest absolute Gasteiger partial charge is 0.255 e. The van der Waals surface area contributed by atoms with Crippen LogP contribution in [0.3, 0.4) is 0 Å². The minimum absolute atomic E-state index is 0.125. The summed E-state index contributed by atoms with van der Waals surface area (Å²) in [6.45, 7) is 0.683. The highest BCUT2D eigenvalue weighted by Crippen LogP contribution is 2.27. The summed E-state index contributed by atoms with van der Waals surface area (Å²) in [5, 5.41) is 0.656. The van der Waals surface area contributed by atoms with Gasteiger partial charge in [-0.05, 0) is 24.3 Å². The molecule has 124 valence electrons. The van der Waals surface area contributed by atoms with Gasteiger partial charge in [0.1, 0.15) is 5.84 Å². The topological polar surface area (TPSA) is 48.5 Å². The number of amidine groups is 1. The van der Waals surface area contributed by atoms with Crippen LogP contribution in [0, 0.1) is 0 Å². The number of aromatic nitrogens is 1. The molecule has 4 rings (SSSR count). The Hall–Kier alpha value is -2.85. The maximum atomic E-state index is 12.2. The molecule has 5 heteroatoms. The molecule has 2 aromatic rings. The van der Waals surface area contributed by atoms with Crippen molar-refractivity contribution in [3.8, 4) is 11.1 Å². The first-order valence-corrected chi connectivity index (χ1v) is 8.44. The average molecular weight is 350 g/mol. The predicted octanol–water partition coefficient (Wildman–Crippen LogP) is 3.87. The number of nitrogens with zero attached hydrogens (tertiary/aromatic N) is 2. The molecule has 0 saturated heterocycles. The fourth-order valence-corrected chi connectivity index (χ4v) is 3.23. The Bertz CT molecular complexity index is 984. The summed E-state index contributed by atoms with van der Waals surface area (Å²) >= 11 is 6.26. The summed E-state index contributed by atoms with van der Waals surface area (Å²) in [5.41, 5.74) is 2.25. The summed E-state index contributed by atoms with van der Waals surface area (Å²) < 4.78 is 0. The molecule has 3 heterocycles. The van der Waals surface area contributed by atoms with E-state index in [2.05, 4.69) is 14.9 Å². The lowest BCUT2D eigenvalue weighted by atomic mass is 10.1. The number of rotatable bonds is 3. The van der Waals surface area contributed by atoms with E-state index in [1.165, 1.54) is 0 Å². The Morgan fingerprint density at radius 1 is 1.28 bits per heavy atom. The number of aliphatic imine (C=N–C) groups is 1. The summed E-state index contributed by atoms with van der Waals surface area (Å²) in [4.78, 5) is 21.6. The van der Waals surface area contributed by atoms with Crippen molar-refractivity contribution < 1.29 is 0 Å². The van der Waals surface area contributed by atoms with E-state index in [-0.39, 0.29) is 11.6 Å². The van der Waals surface area contributed by atoms with Gasteiger partial charge in [-0.3, -0.25) is 9.79 Å². The van der Waals surface area contributed by atoms with Crippen LogP contribution in [0.2, 0.25) is 5.02 Å². The van der Waals surface area contributed by atoms with E-state index >= 15 is 0 Å². The van der Waals surface area contributed by atoms with Crippen molar-refractivity contribution in [1.82, 2.24) is 9.88 Å². The van der Waals surface area contributed by atoms with Crippen LogP contribution in [0.15, 0.2) is 76.8 Å². The Morgan fingerprint density at radius 3 is 3.04 bits per heavy atom. The van der Waals surface area contributed by atoms with Gasteiger partial charge in [0.05, 0.1) is 12.6 Å². The van der Waals surface area contributed by atoms with E-state index in [1.807, 2.05) is 66.9 Å². The molecule has 2 aliphatic heterocycles. The normalized spacial score (nSPS) is 18.7. The van der Waals surface area contributed by atoms with Crippen LogP contribution in [0.5, 0.6) is 0 Å². The van der Waals surface area contributed by atoms with Gasteiger partial charge in [0.15, 0.2) is 0 Å². The highest BCUT2D eigenvalue weighted by atomic mass is 35.5. The number of H-pyrrole nitrogens is 1. The van der Waals surface area contributed by atoms with Crippen LogP contribution in [-0.4, -0.2) is 28.3 Å². The number of benzene rings is 1. The van der Waals surface area contributed by atoms with E-state index in [0.29, 0.717) is 17.1 Å². The molecule has 0 bridgehead atoms. The van der Waals surface area contributed by atoms with Crippen molar-refractivity contribution in [3.05, 3.63) is 88.0 Å². The molecule has 0 radical (unpaired) electrons. The Balaban J connectivity index is 1.62. The third kappa shape index (κ3) is 3.08. The third-order valence-electron chi connectivity index (χ3n) is 4.28. The van der Waals surface area contributed by atoms with Gasteiger partial charge in [-0.1, -0.05) is 48.0 Å². The number of halogens is 1. The second-order valence-electron chi connectivity index (χ2n) is 5.89. The lowest BCUT2D eigenvalue weighted by Gasteiger charge is -2.21. The quantitative estimate of drug-likeness (QED) is 0.914. The molecule has 4 nitrogen and oxygen atoms in total. The molecule has 1 atom stereocenters. The van der Waals surface area contributed by atoms with Crippen LogP contribution in [-0.2, 0) is 0 Å². The maximum absolute atomic E-state index is 12.2. The molecular formula is C20H16ClN3O. The monoisotopic (exact) mass is 349 g/mol. The van der Waals surface area contributed by atoms with Gasteiger partial charge in [-0.25, -0.2) is 0 Å². The zero-order valence-corrected chi connectivity index (χ0v) is 14.1. The molecule has 1 unspecified atom stereocenters. The van der Waals surface area contributed by atoms with Crippen molar-refractivity contribution in [2.45, 2.75) is 6.04 Å². The number of fused-ring (bicyclic) bond motifs is 1. The molecule has 1 N–H and O–H groups in total. The Morgan fingerprint density at radius 2 is 2.16 bits per heavy atom. The van der Waals surface area contributed by atoms with E-state index in [9.17, 15) is 4.79 Å². The highest BCUT2D eigenvalue weighted by molar-refractivity contribution is 6.33. The summed E-state index contributed by atoms with van der Waals surface area (Å²) in [5.74, 6) is 0.955. The molecule has 0 fully saturated rings. The average Bonchev–Trinajstić information content (AvgIpc) is 3.05. The van der Waals surface area contributed by atoms with Crippen LogP contribution in [0.4, 0.5) is 0 Å². The number of allylic oxidation sites excluding steroid dienone is 2. The molecule has 0 spiro atoms. The number of hydrogen-bond donors (Lipinski definition) is 1. The summed E-state index contributed by atoms with van der Waals surface area (Å²) in [6.07, 6.45) is 13.5. The standard InChI is InChI=1S/C20H16ClN3O/c21-18-6-2-1-5-17(18)15-11-14(20(25)23-12-15)8-9-16-13-22-19-7-3-4-10-24(16)19/h1-12,16H,13H2,(H,23,25)/b9-8+. The first-order chi connectivity index (χ1) is 12.2. The van der Waals surface area contributed by atoms with Crippen molar-refractivity contribution >= 4 is 23.5 Å². The van der Waals surface area contributed by atoms with Gasteiger partial charge in [-0.2, -0.15) is 0 Å². The molecule has 0 aliphatic carbocycles. The fraction of sp³-hybridized carbons (Fsp3) is 0.100. The van der Waals surface area contributed by atoms with Gasteiger partial charge in [0, 0.05) is 34.1 Å². The zero-order chi connectivity index (χ0) is 17.2. The van der Waals surface area contributed by atoms with Gasteiger partial charge in [0.2, 0.25) is 0 Å². The second-order valence-corrected chi connectivity index (χ2v) is 6.29. The number of hydrogen-bond acceptors (Lipinski definition) is 3. The minimum atomic E-state index is -0.125. The van der Waals surface area contributed by atoms with Crippen molar-refractivity contribution in [2.24, 2.45) is 4.99 Å². The van der Waals surface area contributed by atoms with Gasteiger partial charge in [-0.15, -0.1) is 0 Å². The van der Waals surface area contributed by atoms with Crippen LogP contribution >= 0.6 is 11.6 Å². The lowest BCUT2D eigenvalue weighted by molar-refractivity contribution is 0.516. The lowest BCUT2D eigenvalue weighted by Crippen LogP contribution is -2.30. The largest absolute Gasteiger partial charge is 0.328 e. The van der Waals surface area contributed by atoms with Crippen LogP contribution in [0.1, 0.15) is 5.56 Å². The first kappa shape index (κ1) is 15.7. The molecule has 1 aromatic carbocycles. The zero-order valence-electron chi connectivity index (χ0n) is 13.4. The van der Waals surface area contributed by atoms with E-state index in [4.69, 9.17) is 11.6 Å². The van der Waals surface area contributed by atoms with Crippen molar-refractivity contribution in [2.75, 3.05) is 6.54 Å². The van der Waals surface area contributed by atoms with Crippen molar-refractivity contribution in [3.63, 3.8) is 0 Å². The second kappa shape index (κ2) is 6.57. The Kier molecular flexibility index (Phi) is 4.12. The predicted molar refractivity (Wildman–Crippen MR) is 103 cm³/mol. The third-order valence-corrected chi connectivity index (χ3v) is 4.61. The first-order valence-electron chi connectivity index (χ1n) is 8.06. The molecule has 2 aliphatic rings.